The number of benzene rings is 11. The first-order valence-electron chi connectivity index (χ1n) is 23.0. The Morgan fingerprint density at radius 1 is 0.235 bits per heavy atom. The van der Waals surface area contributed by atoms with Gasteiger partial charge in [0, 0.05) is 49.4 Å². The second-order valence-corrected chi connectivity index (χ2v) is 17.6. The lowest BCUT2D eigenvalue weighted by Crippen LogP contribution is -2.09. The van der Waals surface area contributed by atoms with Gasteiger partial charge in [0.15, 0.2) is 0 Å². The van der Waals surface area contributed by atoms with Gasteiger partial charge >= 0.3 is 0 Å². The molecule has 0 saturated heterocycles. The molecule has 0 atom stereocenters. The summed E-state index contributed by atoms with van der Waals surface area (Å²) < 4.78 is 18.7. The van der Waals surface area contributed by atoms with E-state index in [1.54, 1.807) is 0 Å². The highest BCUT2D eigenvalue weighted by Crippen LogP contribution is 2.43. The van der Waals surface area contributed by atoms with Gasteiger partial charge in [-0.1, -0.05) is 146 Å². The standard InChI is InChI=1S/C64H39NO3/c1-4-14-57-53(9-1)54-36-29-47(39-62(54)68-57)46-22-21-44-37-43(19-20-45(44)38-46)40-23-30-48(31-24-40)65(49-32-25-41(26-33-49)51-12-7-17-60-63(51)55-10-2-5-15-58(55)66-60)50-34-27-42(28-35-50)52-13-8-18-61-64(52)56-11-3-6-16-59(56)67-61/h1-39H. The molecule has 0 aliphatic heterocycles. The largest absolute Gasteiger partial charge is 0.456 e. The van der Waals surface area contributed by atoms with E-state index in [4.69, 9.17) is 13.3 Å². The summed E-state index contributed by atoms with van der Waals surface area (Å²) in [5.74, 6) is 0. The second-order valence-electron chi connectivity index (χ2n) is 17.6. The minimum absolute atomic E-state index is 0.891. The SMILES string of the molecule is c1ccc2c(c1)oc1cc(-c3ccc4cc(-c5ccc(N(c6ccc(-c7cccc8oc9ccccc9c78)cc6)c6ccc(-c7cccc8oc9ccccc9c78)cc6)cc5)ccc4c3)ccc12. The predicted octanol–water partition coefficient (Wildman–Crippen LogP) is 18.7. The third kappa shape index (κ3) is 6.23. The Labute approximate surface area is 391 Å². The Kier molecular flexibility index (Phi) is 8.55. The van der Waals surface area contributed by atoms with E-state index in [1.165, 1.54) is 16.3 Å². The fourth-order valence-corrected chi connectivity index (χ4v) is 10.4. The van der Waals surface area contributed by atoms with Crippen molar-refractivity contribution in [3.63, 3.8) is 0 Å². The summed E-state index contributed by atoms with van der Waals surface area (Å²) in [7, 11) is 0. The molecule has 3 heterocycles. The van der Waals surface area contributed by atoms with Crippen molar-refractivity contribution in [2.45, 2.75) is 0 Å². The van der Waals surface area contributed by atoms with E-state index in [1.807, 2.05) is 36.4 Å². The zero-order valence-electron chi connectivity index (χ0n) is 36.7. The molecule has 68 heavy (non-hydrogen) atoms. The molecule has 0 radical (unpaired) electrons. The molecule has 0 spiro atoms. The molecule has 0 amide bonds. The summed E-state index contributed by atoms with van der Waals surface area (Å²) in [6.45, 7) is 0. The highest BCUT2D eigenvalue weighted by molar-refractivity contribution is 6.14. The van der Waals surface area contributed by atoms with E-state index in [2.05, 4.69) is 205 Å². The Balaban J connectivity index is 0.817. The van der Waals surface area contributed by atoms with Crippen LogP contribution in [0.25, 0.3) is 121 Å². The van der Waals surface area contributed by atoms with E-state index >= 15 is 0 Å². The van der Waals surface area contributed by atoms with E-state index in [9.17, 15) is 0 Å². The van der Waals surface area contributed by atoms with Gasteiger partial charge in [0.1, 0.15) is 33.5 Å². The van der Waals surface area contributed by atoms with Gasteiger partial charge in [0.25, 0.3) is 0 Å². The first-order valence-corrected chi connectivity index (χ1v) is 23.0. The van der Waals surface area contributed by atoms with Gasteiger partial charge < -0.3 is 18.2 Å². The van der Waals surface area contributed by atoms with Gasteiger partial charge in [-0.15, -0.1) is 0 Å². The Bertz CT molecular complexity index is 4090. The number of furan rings is 3. The molecular formula is C64H39NO3. The smallest absolute Gasteiger partial charge is 0.136 e. The lowest BCUT2D eigenvalue weighted by atomic mass is 9.97. The Morgan fingerprint density at radius 2 is 0.603 bits per heavy atom. The van der Waals surface area contributed by atoms with Gasteiger partial charge in [-0.25, -0.2) is 0 Å². The molecule has 0 bridgehead atoms. The third-order valence-corrected chi connectivity index (χ3v) is 13.7. The van der Waals surface area contributed by atoms with Crippen LogP contribution in [-0.2, 0) is 0 Å². The fraction of sp³-hybridized carbons (Fsp3) is 0. The average Bonchev–Trinajstić information content (AvgIpc) is 4.10. The normalized spacial score (nSPS) is 11.8. The Hall–Kier alpha value is -9.12. The molecule has 0 aliphatic rings. The summed E-state index contributed by atoms with van der Waals surface area (Å²) in [5, 5.41) is 9.19. The van der Waals surface area contributed by atoms with Crippen LogP contribution in [0.5, 0.6) is 0 Å². The van der Waals surface area contributed by atoms with E-state index in [-0.39, 0.29) is 0 Å². The van der Waals surface area contributed by atoms with Crippen molar-refractivity contribution in [3.8, 4) is 44.5 Å². The summed E-state index contributed by atoms with van der Waals surface area (Å²) in [5.41, 5.74) is 17.8. The molecule has 14 aromatic rings. The molecule has 4 heteroatoms. The lowest BCUT2D eigenvalue weighted by Gasteiger charge is -2.26. The molecule has 0 unspecified atom stereocenters. The minimum atomic E-state index is 0.891. The van der Waals surface area contributed by atoms with Crippen LogP contribution >= 0.6 is 0 Å². The molecule has 0 N–H and O–H groups in total. The van der Waals surface area contributed by atoms with Gasteiger partial charge in [-0.05, 0) is 146 Å². The summed E-state index contributed by atoms with van der Waals surface area (Å²) in [6, 6.07) is 84.1. The van der Waals surface area contributed by atoms with Crippen LogP contribution in [-0.4, -0.2) is 0 Å². The highest BCUT2D eigenvalue weighted by atomic mass is 16.3. The zero-order valence-corrected chi connectivity index (χ0v) is 36.7. The molecule has 4 nitrogen and oxygen atoms in total. The third-order valence-electron chi connectivity index (χ3n) is 13.7. The zero-order chi connectivity index (χ0) is 44.7. The maximum absolute atomic E-state index is 6.26. The molecule has 0 aliphatic carbocycles. The number of hydrogen-bond acceptors (Lipinski definition) is 4. The van der Waals surface area contributed by atoms with Crippen LogP contribution in [0.2, 0.25) is 0 Å². The van der Waals surface area contributed by atoms with Crippen molar-refractivity contribution in [3.05, 3.63) is 237 Å². The quantitative estimate of drug-likeness (QED) is 0.160. The van der Waals surface area contributed by atoms with E-state index in [0.29, 0.717) is 0 Å². The monoisotopic (exact) mass is 869 g/mol. The second kappa shape index (κ2) is 15.2. The molecule has 0 fully saturated rings. The number of nitrogens with zero attached hydrogens (tertiary/aromatic N) is 1. The van der Waals surface area contributed by atoms with Crippen molar-refractivity contribution in [2.24, 2.45) is 0 Å². The van der Waals surface area contributed by atoms with Crippen LogP contribution in [0, 0.1) is 0 Å². The molecule has 0 saturated carbocycles. The first kappa shape index (κ1) is 38.2. The van der Waals surface area contributed by atoms with Crippen LogP contribution in [0.3, 0.4) is 0 Å². The van der Waals surface area contributed by atoms with Crippen molar-refractivity contribution < 1.29 is 13.3 Å². The summed E-state index contributed by atoms with van der Waals surface area (Å²) in [4.78, 5) is 2.34. The van der Waals surface area contributed by atoms with Crippen LogP contribution in [0.15, 0.2) is 250 Å². The Morgan fingerprint density at radius 3 is 1.13 bits per heavy atom. The molecule has 318 valence electrons. The summed E-state index contributed by atoms with van der Waals surface area (Å²) >= 11 is 0. The first-order chi connectivity index (χ1) is 33.7. The number of rotatable bonds is 7. The highest BCUT2D eigenvalue weighted by Gasteiger charge is 2.18. The minimum Gasteiger partial charge on any atom is -0.456 e. The number of hydrogen-bond donors (Lipinski definition) is 0. The van der Waals surface area contributed by atoms with Crippen LogP contribution in [0.4, 0.5) is 17.1 Å². The van der Waals surface area contributed by atoms with Gasteiger partial charge in [0.05, 0.1) is 0 Å². The average molecular weight is 870 g/mol. The molecule has 11 aromatic carbocycles. The summed E-state index contributed by atoms with van der Waals surface area (Å²) in [6.07, 6.45) is 0. The topological polar surface area (TPSA) is 42.7 Å². The number of anilines is 3. The van der Waals surface area contributed by atoms with Gasteiger partial charge in [0.2, 0.25) is 0 Å². The van der Waals surface area contributed by atoms with E-state index in [0.717, 1.165) is 122 Å². The fourth-order valence-electron chi connectivity index (χ4n) is 10.4. The van der Waals surface area contributed by atoms with Crippen molar-refractivity contribution in [1.82, 2.24) is 0 Å². The van der Waals surface area contributed by atoms with Gasteiger partial charge in [-0.2, -0.15) is 0 Å². The van der Waals surface area contributed by atoms with Crippen LogP contribution in [0.1, 0.15) is 0 Å². The van der Waals surface area contributed by atoms with Crippen molar-refractivity contribution >= 4 is 93.7 Å². The van der Waals surface area contributed by atoms with E-state index < -0.39 is 0 Å². The van der Waals surface area contributed by atoms with Gasteiger partial charge in [-0.3, -0.25) is 0 Å². The maximum atomic E-state index is 6.26. The number of fused-ring (bicyclic) bond motifs is 10. The lowest BCUT2D eigenvalue weighted by molar-refractivity contribution is 0.668. The predicted molar refractivity (Wildman–Crippen MR) is 282 cm³/mol. The molecular weight excluding hydrogens is 831 g/mol. The van der Waals surface area contributed by atoms with Crippen molar-refractivity contribution in [1.29, 1.82) is 0 Å². The number of para-hydroxylation sites is 3. The maximum Gasteiger partial charge on any atom is 0.136 e. The molecule has 3 aromatic heterocycles. The molecule has 14 rings (SSSR count). The van der Waals surface area contributed by atoms with Crippen LogP contribution < -0.4 is 4.90 Å². The van der Waals surface area contributed by atoms with Crippen molar-refractivity contribution in [2.75, 3.05) is 4.90 Å².